The number of alkyl halides is 3. The average Bonchev–Trinajstić information content (AvgIpc) is 2.81. The van der Waals surface area contributed by atoms with Crippen LogP contribution in [0.5, 0.6) is 5.75 Å². The van der Waals surface area contributed by atoms with Crippen molar-refractivity contribution in [2.45, 2.75) is 52.6 Å². The van der Waals surface area contributed by atoms with Gasteiger partial charge in [-0.3, -0.25) is 9.59 Å². The molecule has 8 heteroatoms. The van der Waals surface area contributed by atoms with Crippen LogP contribution in [-0.4, -0.2) is 10.5 Å². The molecule has 34 heavy (non-hydrogen) atoms. The molecule has 0 saturated carbocycles. The van der Waals surface area contributed by atoms with E-state index in [1.54, 1.807) is 0 Å². The highest BCUT2D eigenvalue weighted by Crippen LogP contribution is 2.29. The number of benzene rings is 2. The Morgan fingerprint density at radius 3 is 2.35 bits per heavy atom. The number of hydrogen-bond donors (Lipinski definition) is 1. The van der Waals surface area contributed by atoms with Crippen LogP contribution in [0, 0.1) is 6.92 Å². The van der Waals surface area contributed by atoms with Gasteiger partial charge in [-0.1, -0.05) is 43.7 Å². The third-order valence-electron chi connectivity index (χ3n) is 5.43. The van der Waals surface area contributed by atoms with Gasteiger partial charge in [-0.2, -0.15) is 13.2 Å². The summed E-state index contributed by atoms with van der Waals surface area (Å²) in [6.07, 6.45) is -2.68. The molecule has 0 aliphatic rings. The predicted octanol–water partition coefficient (Wildman–Crippen LogP) is 5.48. The fourth-order valence-electron chi connectivity index (χ4n) is 3.57. The molecule has 180 valence electrons. The second-order valence-corrected chi connectivity index (χ2v) is 7.96. The van der Waals surface area contributed by atoms with E-state index in [2.05, 4.69) is 12.2 Å². The Labute approximate surface area is 196 Å². The molecule has 0 aliphatic carbocycles. The number of nitrogens with zero attached hydrogens (tertiary/aromatic N) is 1. The molecule has 2 aromatic carbocycles. The summed E-state index contributed by atoms with van der Waals surface area (Å²) >= 11 is 0. The zero-order chi connectivity index (χ0) is 24.7. The molecule has 0 saturated heterocycles. The van der Waals surface area contributed by atoms with Crippen LogP contribution in [0.4, 0.5) is 13.2 Å². The van der Waals surface area contributed by atoms with Crippen LogP contribution >= 0.6 is 0 Å². The lowest BCUT2D eigenvalue weighted by Crippen LogP contribution is -2.28. The van der Waals surface area contributed by atoms with Crippen LogP contribution in [0.25, 0.3) is 0 Å². The van der Waals surface area contributed by atoms with Gasteiger partial charge >= 0.3 is 6.18 Å². The van der Waals surface area contributed by atoms with Gasteiger partial charge in [0, 0.05) is 23.9 Å². The van der Waals surface area contributed by atoms with Gasteiger partial charge < -0.3 is 14.6 Å². The summed E-state index contributed by atoms with van der Waals surface area (Å²) in [5.74, 6) is -0.392. The van der Waals surface area contributed by atoms with E-state index in [0.717, 1.165) is 48.4 Å². The molecule has 3 rings (SSSR count). The van der Waals surface area contributed by atoms with E-state index in [1.165, 1.54) is 6.07 Å². The molecule has 1 aromatic heterocycles. The summed E-state index contributed by atoms with van der Waals surface area (Å²) in [6.45, 7) is 4.68. The van der Waals surface area contributed by atoms with Gasteiger partial charge in [-0.15, -0.1) is 0 Å². The summed E-state index contributed by atoms with van der Waals surface area (Å²) in [6, 6.07) is 14.9. The largest absolute Gasteiger partial charge is 0.483 e. The van der Waals surface area contributed by atoms with E-state index in [4.69, 9.17) is 4.74 Å². The zero-order valence-corrected chi connectivity index (χ0v) is 19.1. The number of carbonyl (C=O) groups excluding carboxylic acids is 1. The molecular formula is C26H27F3N2O3. The van der Waals surface area contributed by atoms with Crippen molar-refractivity contribution in [1.82, 2.24) is 9.88 Å². The molecule has 5 nitrogen and oxygen atoms in total. The fraction of sp³-hybridized carbons (Fsp3) is 0.308. The van der Waals surface area contributed by atoms with Crippen LogP contribution in [0.1, 0.15) is 52.6 Å². The molecule has 0 atom stereocenters. The molecule has 1 amide bonds. The second kappa shape index (κ2) is 11.0. The maximum Gasteiger partial charge on any atom is 0.416 e. The number of hydrogen-bond acceptors (Lipinski definition) is 3. The summed E-state index contributed by atoms with van der Waals surface area (Å²) in [5.41, 5.74) is 1.13. The van der Waals surface area contributed by atoms with E-state index < -0.39 is 17.6 Å². The highest BCUT2D eigenvalue weighted by Gasteiger charge is 2.30. The minimum absolute atomic E-state index is 0.00931. The minimum Gasteiger partial charge on any atom is -0.483 e. The highest BCUT2D eigenvalue weighted by molar-refractivity contribution is 5.94. The molecule has 0 unspecified atom stereocenters. The maximum atomic E-state index is 12.8. The summed E-state index contributed by atoms with van der Waals surface area (Å²) < 4.78 is 46.3. The Morgan fingerprint density at radius 2 is 1.74 bits per heavy atom. The third-order valence-corrected chi connectivity index (χ3v) is 5.43. The van der Waals surface area contributed by atoms with Crippen molar-refractivity contribution >= 4 is 5.91 Å². The number of unbranched alkanes of at least 4 members (excludes halogenated alkanes) is 1. The smallest absolute Gasteiger partial charge is 0.416 e. The lowest BCUT2D eigenvalue weighted by Gasteiger charge is -2.21. The van der Waals surface area contributed by atoms with Gasteiger partial charge in [-0.25, -0.2) is 0 Å². The van der Waals surface area contributed by atoms with E-state index in [9.17, 15) is 22.8 Å². The Hall–Kier alpha value is -3.55. The van der Waals surface area contributed by atoms with Crippen LogP contribution in [0.3, 0.4) is 0 Å². The lowest BCUT2D eigenvalue weighted by atomic mass is 10.1. The SMILES string of the molecule is CCCCn1c(C)cc(=O)c(OCc2ccccc2)c1CNC(=O)c1ccc(C(F)(F)F)cc1. The quantitative estimate of drug-likeness (QED) is 0.448. The topological polar surface area (TPSA) is 60.3 Å². The van der Waals surface area contributed by atoms with Crippen molar-refractivity contribution in [3.05, 3.63) is 99.0 Å². The van der Waals surface area contributed by atoms with E-state index in [-0.39, 0.29) is 29.9 Å². The number of carbonyl (C=O) groups is 1. The molecule has 3 aromatic rings. The van der Waals surface area contributed by atoms with E-state index >= 15 is 0 Å². The molecular weight excluding hydrogens is 445 g/mol. The van der Waals surface area contributed by atoms with E-state index in [0.29, 0.717) is 12.2 Å². The number of ether oxygens (including phenoxy) is 1. The first kappa shape index (κ1) is 25.1. The number of nitrogens with one attached hydrogen (secondary N) is 1. The fourth-order valence-corrected chi connectivity index (χ4v) is 3.57. The van der Waals surface area contributed by atoms with Crippen molar-refractivity contribution in [3.8, 4) is 5.75 Å². The van der Waals surface area contributed by atoms with Gasteiger partial charge in [0.1, 0.15) is 6.61 Å². The van der Waals surface area contributed by atoms with Crippen LogP contribution in [-0.2, 0) is 25.9 Å². The molecule has 1 heterocycles. The summed E-state index contributed by atoms with van der Waals surface area (Å²) in [4.78, 5) is 25.4. The Kier molecular flexibility index (Phi) is 8.15. The monoisotopic (exact) mass is 472 g/mol. The zero-order valence-electron chi connectivity index (χ0n) is 19.1. The average molecular weight is 473 g/mol. The molecule has 0 fully saturated rings. The highest BCUT2D eigenvalue weighted by atomic mass is 19.4. The lowest BCUT2D eigenvalue weighted by molar-refractivity contribution is -0.137. The van der Waals surface area contributed by atoms with Gasteiger partial charge in [0.25, 0.3) is 5.91 Å². The molecule has 0 spiro atoms. The van der Waals surface area contributed by atoms with Gasteiger partial charge in [0.05, 0.1) is 17.8 Å². The van der Waals surface area contributed by atoms with Gasteiger partial charge in [0.2, 0.25) is 5.43 Å². The Bertz CT molecular complexity index is 1170. The van der Waals surface area contributed by atoms with Gasteiger partial charge in [-0.05, 0) is 43.2 Å². The summed E-state index contributed by atoms with van der Waals surface area (Å²) in [5, 5.41) is 2.72. The third kappa shape index (κ3) is 6.27. The molecule has 0 bridgehead atoms. The van der Waals surface area contributed by atoms with Crippen molar-refractivity contribution in [2.24, 2.45) is 0 Å². The predicted molar refractivity (Wildman–Crippen MR) is 124 cm³/mol. The Morgan fingerprint density at radius 1 is 1.06 bits per heavy atom. The second-order valence-electron chi connectivity index (χ2n) is 7.96. The number of aryl methyl sites for hydroxylation is 1. The molecule has 0 radical (unpaired) electrons. The number of halogens is 3. The number of rotatable bonds is 9. The summed E-state index contributed by atoms with van der Waals surface area (Å²) in [7, 11) is 0. The molecule has 1 N–H and O–H groups in total. The van der Waals surface area contributed by atoms with Crippen LogP contribution < -0.4 is 15.5 Å². The van der Waals surface area contributed by atoms with Crippen molar-refractivity contribution in [1.29, 1.82) is 0 Å². The normalized spacial score (nSPS) is 11.3. The van der Waals surface area contributed by atoms with Gasteiger partial charge in [0.15, 0.2) is 5.75 Å². The first-order valence-electron chi connectivity index (χ1n) is 11.1. The Balaban J connectivity index is 1.86. The maximum absolute atomic E-state index is 12.8. The first-order valence-corrected chi connectivity index (χ1v) is 11.1. The standard InChI is InChI=1S/C26H27F3N2O3/c1-3-4-14-31-18(2)15-23(32)24(34-17-19-8-6-5-7-9-19)22(31)16-30-25(33)20-10-12-21(13-11-20)26(27,28)29/h5-13,15H,3-4,14,16-17H2,1-2H3,(H,30,33). The number of pyridine rings is 1. The number of aromatic nitrogens is 1. The first-order chi connectivity index (χ1) is 16.2. The van der Waals surface area contributed by atoms with Crippen molar-refractivity contribution in [2.75, 3.05) is 0 Å². The van der Waals surface area contributed by atoms with Crippen molar-refractivity contribution in [3.63, 3.8) is 0 Å². The number of amides is 1. The van der Waals surface area contributed by atoms with Crippen molar-refractivity contribution < 1.29 is 22.7 Å². The van der Waals surface area contributed by atoms with Crippen LogP contribution in [0.2, 0.25) is 0 Å². The minimum atomic E-state index is -4.48. The molecule has 0 aliphatic heterocycles. The van der Waals surface area contributed by atoms with Crippen LogP contribution in [0.15, 0.2) is 65.5 Å². The van der Waals surface area contributed by atoms with E-state index in [1.807, 2.05) is 41.8 Å².